The molecule has 0 fully saturated rings. The Bertz CT molecular complexity index is 717. The van der Waals surface area contributed by atoms with Gasteiger partial charge in [0.25, 0.3) is 0 Å². The van der Waals surface area contributed by atoms with E-state index in [0.29, 0.717) is 0 Å². The molecule has 0 aliphatic carbocycles. The second-order valence-electron chi connectivity index (χ2n) is 3.57. The van der Waals surface area contributed by atoms with Gasteiger partial charge >= 0.3 is 10.1 Å². The number of halogens is 3. The minimum atomic E-state index is -4.22. The van der Waals surface area contributed by atoms with Gasteiger partial charge in [-0.2, -0.15) is 8.42 Å². The van der Waals surface area contributed by atoms with E-state index in [0.717, 1.165) is 30.3 Å². The molecule has 3 nitrogen and oxygen atoms in total. The Morgan fingerprint density at radius 3 is 2.32 bits per heavy atom. The van der Waals surface area contributed by atoms with Gasteiger partial charge in [0.2, 0.25) is 0 Å². The van der Waals surface area contributed by atoms with E-state index in [1.807, 2.05) is 0 Å². The highest BCUT2D eigenvalue weighted by molar-refractivity contribution is 7.87. The van der Waals surface area contributed by atoms with Crippen molar-refractivity contribution in [2.24, 2.45) is 0 Å². The van der Waals surface area contributed by atoms with E-state index >= 15 is 0 Å². The Morgan fingerprint density at radius 1 is 1.00 bits per heavy atom. The standard InChI is InChI=1S/C12H7ClF2O3S/c13-11-7-9(15)4-5-12(11)18-19(16,17)10-3-1-2-8(14)6-10/h1-7H. The smallest absolute Gasteiger partial charge is 0.339 e. The average molecular weight is 305 g/mol. The van der Waals surface area contributed by atoms with Crippen LogP contribution in [0.5, 0.6) is 5.75 Å². The molecule has 0 heterocycles. The number of benzene rings is 2. The largest absolute Gasteiger partial charge is 0.377 e. The fourth-order valence-corrected chi connectivity index (χ4v) is 2.56. The van der Waals surface area contributed by atoms with Crippen LogP contribution in [0.25, 0.3) is 0 Å². The molecule has 0 bridgehead atoms. The summed E-state index contributed by atoms with van der Waals surface area (Å²) in [5.74, 6) is -1.57. The van der Waals surface area contributed by atoms with Crippen LogP contribution in [-0.4, -0.2) is 8.42 Å². The van der Waals surface area contributed by atoms with Crippen LogP contribution in [0.1, 0.15) is 0 Å². The average Bonchev–Trinajstić information content (AvgIpc) is 2.33. The zero-order valence-corrected chi connectivity index (χ0v) is 10.9. The van der Waals surface area contributed by atoms with Crippen molar-refractivity contribution in [2.45, 2.75) is 4.90 Å². The van der Waals surface area contributed by atoms with E-state index in [1.165, 1.54) is 12.1 Å². The summed E-state index contributed by atoms with van der Waals surface area (Å²) in [7, 11) is -4.22. The molecule has 2 rings (SSSR count). The lowest BCUT2D eigenvalue weighted by molar-refractivity contribution is 0.484. The van der Waals surface area contributed by atoms with Crippen molar-refractivity contribution in [1.29, 1.82) is 0 Å². The van der Waals surface area contributed by atoms with Gasteiger partial charge in [-0.1, -0.05) is 17.7 Å². The van der Waals surface area contributed by atoms with Crippen LogP contribution in [0.4, 0.5) is 8.78 Å². The summed E-state index contributed by atoms with van der Waals surface area (Å²) in [5.41, 5.74) is 0. The fraction of sp³-hybridized carbons (Fsp3) is 0. The van der Waals surface area contributed by atoms with E-state index in [9.17, 15) is 17.2 Å². The highest BCUT2D eigenvalue weighted by Crippen LogP contribution is 2.28. The second kappa shape index (κ2) is 5.14. The van der Waals surface area contributed by atoms with E-state index in [2.05, 4.69) is 0 Å². The second-order valence-corrected chi connectivity index (χ2v) is 5.52. The van der Waals surface area contributed by atoms with Gasteiger partial charge in [0, 0.05) is 0 Å². The fourth-order valence-electron chi connectivity index (χ4n) is 1.33. The minimum absolute atomic E-state index is 0.194. The molecule has 19 heavy (non-hydrogen) atoms. The van der Waals surface area contributed by atoms with Gasteiger partial charge in [-0.05, 0) is 36.4 Å². The molecule has 0 unspecified atom stereocenters. The van der Waals surface area contributed by atoms with Crippen molar-refractivity contribution in [1.82, 2.24) is 0 Å². The van der Waals surface area contributed by atoms with Gasteiger partial charge in [0.1, 0.15) is 16.5 Å². The first-order chi connectivity index (χ1) is 8.88. The maximum atomic E-state index is 13.0. The Hall–Kier alpha value is -1.66. The Morgan fingerprint density at radius 2 is 1.68 bits per heavy atom. The molecular weight excluding hydrogens is 298 g/mol. The molecule has 0 saturated carbocycles. The van der Waals surface area contributed by atoms with Crippen molar-refractivity contribution in [2.75, 3.05) is 0 Å². The predicted octanol–water partition coefficient (Wildman–Crippen LogP) is 3.39. The highest BCUT2D eigenvalue weighted by atomic mass is 35.5. The molecule has 0 aromatic heterocycles. The maximum absolute atomic E-state index is 13.0. The molecule has 0 radical (unpaired) electrons. The van der Waals surface area contributed by atoms with Crippen molar-refractivity contribution in [3.05, 3.63) is 59.1 Å². The molecule has 0 N–H and O–H groups in total. The van der Waals surface area contributed by atoms with Crippen LogP contribution in [0.3, 0.4) is 0 Å². The number of hydrogen-bond donors (Lipinski definition) is 0. The van der Waals surface area contributed by atoms with Gasteiger partial charge in [0.15, 0.2) is 5.75 Å². The van der Waals surface area contributed by atoms with E-state index in [4.69, 9.17) is 15.8 Å². The van der Waals surface area contributed by atoms with Crippen LogP contribution < -0.4 is 4.18 Å². The molecular formula is C12H7ClF2O3S. The topological polar surface area (TPSA) is 43.4 Å². The molecule has 0 spiro atoms. The molecule has 100 valence electrons. The zero-order chi connectivity index (χ0) is 14.0. The van der Waals surface area contributed by atoms with Crippen molar-refractivity contribution < 1.29 is 21.4 Å². The first-order valence-electron chi connectivity index (χ1n) is 5.03. The summed E-state index contributed by atoms with van der Waals surface area (Å²) >= 11 is 5.65. The monoisotopic (exact) mass is 304 g/mol. The van der Waals surface area contributed by atoms with E-state index in [-0.39, 0.29) is 15.7 Å². The lowest BCUT2D eigenvalue weighted by atomic mass is 10.3. The van der Waals surface area contributed by atoms with Crippen molar-refractivity contribution in [3.8, 4) is 5.75 Å². The maximum Gasteiger partial charge on any atom is 0.339 e. The molecule has 2 aromatic carbocycles. The molecule has 2 aromatic rings. The molecule has 0 atom stereocenters. The number of rotatable bonds is 3. The summed E-state index contributed by atoms with van der Waals surface area (Å²) in [6.07, 6.45) is 0. The first kappa shape index (κ1) is 13.8. The van der Waals surface area contributed by atoms with Crippen LogP contribution in [0.15, 0.2) is 47.4 Å². The molecule has 0 aliphatic rings. The molecule has 7 heteroatoms. The van der Waals surface area contributed by atoms with Crippen LogP contribution in [0.2, 0.25) is 5.02 Å². The Labute approximate surface area is 113 Å². The first-order valence-corrected chi connectivity index (χ1v) is 6.82. The molecule has 0 saturated heterocycles. The normalized spacial score (nSPS) is 11.3. The van der Waals surface area contributed by atoms with Gasteiger partial charge in [-0.15, -0.1) is 0 Å². The SMILES string of the molecule is O=S(=O)(Oc1ccc(F)cc1Cl)c1cccc(F)c1. The third-order valence-electron chi connectivity index (χ3n) is 2.18. The van der Waals surface area contributed by atoms with Crippen molar-refractivity contribution in [3.63, 3.8) is 0 Å². The highest BCUT2D eigenvalue weighted by Gasteiger charge is 2.19. The lowest BCUT2D eigenvalue weighted by Crippen LogP contribution is -2.10. The Balaban J connectivity index is 2.36. The third-order valence-corrected chi connectivity index (χ3v) is 3.70. The van der Waals surface area contributed by atoms with E-state index in [1.54, 1.807) is 0 Å². The van der Waals surface area contributed by atoms with Crippen molar-refractivity contribution >= 4 is 21.7 Å². The molecule has 0 aliphatic heterocycles. The lowest BCUT2D eigenvalue weighted by Gasteiger charge is -2.08. The van der Waals surface area contributed by atoms with Gasteiger partial charge in [-0.3, -0.25) is 0 Å². The van der Waals surface area contributed by atoms with Crippen LogP contribution in [-0.2, 0) is 10.1 Å². The summed E-state index contributed by atoms with van der Waals surface area (Å²) in [4.78, 5) is -0.354. The summed E-state index contributed by atoms with van der Waals surface area (Å²) in [6, 6.07) is 7.32. The summed E-state index contributed by atoms with van der Waals surface area (Å²) < 4.78 is 54.2. The summed E-state index contributed by atoms with van der Waals surface area (Å²) in [6.45, 7) is 0. The molecule has 0 amide bonds. The van der Waals surface area contributed by atoms with Crippen LogP contribution >= 0.6 is 11.6 Å². The van der Waals surface area contributed by atoms with E-state index < -0.39 is 21.8 Å². The van der Waals surface area contributed by atoms with Crippen LogP contribution in [0, 0.1) is 11.6 Å². The van der Waals surface area contributed by atoms with Gasteiger partial charge in [0.05, 0.1) is 5.02 Å². The zero-order valence-electron chi connectivity index (χ0n) is 9.31. The predicted molar refractivity (Wildman–Crippen MR) is 65.6 cm³/mol. The number of hydrogen-bond acceptors (Lipinski definition) is 3. The third kappa shape index (κ3) is 3.21. The van der Waals surface area contributed by atoms with Gasteiger partial charge in [-0.25, -0.2) is 8.78 Å². The quantitative estimate of drug-likeness (QED) is 0.816. The summed E-state index contributed by atoms with van der Waals surface area (Å²) in [5, 5.41) is -0.194. The van der Waals surface area contributed by atoms with Gasteiger partial charge < -0.3 is 4.18 Å². The minimum Gasteiger partial charge on any atom is -0.377 e. The Kier molecular flexibility index (Phi) is 3.73.